The molecule has 14 atom stereocenters. The molecule has 16 nitrogen and oxygen atoms in total. The number of ketones is 1. The summed E-state index contributed by atoms with van der Waals surface area (Å²) in [6.07, 6.45) is -5.69. The van der Waals surface area contributed by atoms with Crippen molar-refractivity contribution in [2.24, 2.45) is 0 Å². The van der Waals surface area contributed by atoms with Gasteiger partial charge >= 0.3 is 0 Å². The van der Waals surface area contributed by atoms with Crippen LogP contribution >= 0.6 is 0 Å². The van der Waals surface area contributed by atoms with Crippen LogP contribution in [0.1, 0.15) is 116 Å². The topological polar surface area (TPSA) is 277 Å². The van der Waals surface area contributed by atoms with Gasteiger partial charge in [0.25, 0.3) is 0 Å². The van der Waals surface area contributed by atoms with Crippen molar-refractivity contribution in [1.82, 2.24) is 0 Å². The first-order valence-corrected chi connectivity index (χ1v) is 19.3. The van der Waals surface area contributed by atoms with E-state index < -0.39 is 111 Å². The highest BCUT2D eigenvalue weighted by Gasteiger charge is 2.48. The van der Waals surface area contributed by atoms with Crippen molar-refractivity contribution in [3.63, 3.8) is 0 Å². The van der Waals surface area contributed by atoms with Crippen LogP contribution < -0.4 is 0 Å². The molecule has 0 aromatic rings. The Kier molecular flexibility index (Phi) is 23.6. The second-order valence-corrected chi connectivity index (χ2v) is 14.4. The van der Waals surface area contributed by atoms with Gasteiger partial charge in [-0.2, -0.15) is 0 Å². The van der Waals surface area contributed by atoms with Crippen molar-refractivity contribution in [2.45, 2.75) is 202 Å². The number of unbranched alkanes of at least 4 members (excludes halogenated alkanes) is 15. The Labute approximate surface area is 307 Å². The normalized spacial score (nSPS) is 32.0. The molecule has 52 heavy (non-hydrogen) atoms. The molecule has 2 saturated heterocycles. The van der Waals surface area contributed by atoms with E-state index in [-0.39, 0.29) is 6.42 Å². The third kappa shape index (κ3) is 15.7. The fourth-order valence-electron chi connectivity index (χ4n) is 6.48. The van der Waals surface area contributed by atoms with Gasteiger partial charge in [0.1, 0.15) is 73.2 Å². The van der Waals surface area contributed by atoms with E-state index in [1.807, 2.05) is 0 Å². The zero-order valence-electron chi connectivity index (χ0n) is 30.7. The number of carbonyl (C=O) groups is 1. The van der Waals surface area contributed by atoms with E-state index in [0.717, 1.165) is 25.7 Å². The number of Topliss-reactive ketones (excluding diaryl/α,β-unsaturated/α-hetero) is 1. The number of hydrogen-bond acceptors (Lipinski definition) is 16. The minimum atomic E-state index is -2.04. The second-order valence-electron chi connectivity index (χ2n) is 14.4. The zero-order valence-corrected chi connectivity index (χ0v) is 30.7. The van der Waals surface area contributed by atoms with E-state index >= 15 is 0 Å². The van der Waals surface area contributed by atoms with Gasteiger partial charge in [-0.05, 0) is 6.42 Å². The molecule has 0 aromatic carbocycles. The summed E-state index contributed by atoms with van der Waals surface area (Å²) in [6.45, 7) is 0.117. The van der Waals surface area contributed by atoms with Crippen LogP contribution in [0.2, 0.25) is 0 Å². The molecule has 11 N–H and O–H groups in total. The average Bonchev–Trinajstić information content (AvgIpc) is 3.14. The molecule has 16 heteroatoms. The SMILES string of the molecule is CCCCCCCCCCCCCCCCCCC(=O)[C@H](O)[C@@H](O)[C@H](O)[C@H](O)CO[C@H]1O[C@H](CO[C@H]2O[C@H](CO)[C@@H](O)[C@H](O)[C@H]2O)[C@@H](O)[C@H](O)[C@H]1O. The Morgan fingerprint density at radius 1 is 0.558 bits per heavy atom. The number of aliphatic hydroxyl groups is 11. The van der Waals surface area contributed by atoms with Gasteiger partial charge in [-0.15, -0.1) is 0 Å². The lowest BCUT2D eigenvalue weighted by Crippen LogP contribution is -2.62. The summed E-state index contributed by atoms with van der Waals surface area (Å²) in [6, 6.07) is 0. The molecule has 2 aliphatic heterocycles. The molecule has 0 aliphatic carbocycles. The lowest BCUT2D eigenvalue weighted by atomic mass is 9.97. The number of aliphatic hydroxyl groups excluding tert-OH is 11. The van der Waals surface area contributed by atoms with Gasteiger partial charge in [0, 0.05) is 6.42 Å². The molecule has 2 heterocycles. The van der Waals surface area contributed by atoms with Gasteiger partial charge in [-0.3, -0.25) is 4.79 Å². The van der Waals surface area contributed by atoms with Gasteiger partial charge in [0.2, 0.25) is 0 Å². The summed E-state index contributed by atoms with van der Waals surface area (Å²) in [5.74, 6) is -0.685. The fourth-order valence-corrected chi connectivity index (χ4v) is 6.48. The summed E-state index contributed by atoms with van der Waals surface area (Å²) in [5, 5.41) is 112. The Morgan fingerprint density at radius 3 is 1.46 bits per heavy atom. The summed E-state index contributed by atoms with van der Waals surface area (Å²) in [4.78, 5) is 12.5. The van der Waals surface area contributed by atoms with Crippen LogP contribution in [0.25, 0.3) is 0 Å². The molecular weight excluding hydrogens is 688 g/mol. The van der Waals surface area contributed by atoms with Gasteiger partial charge in [-0.25, -0.2) is 0 Å². The molecule has 0 spiro atoms. The van der Waals surface area contributed by atoms with Crippen molar-refractivity contribution < 1.29 is 79.9 Å². The van der Waals surface area contributed by atoms with E-state index in [1.165, 1.54) is 70.6 Å². The maximum absolute atomic E-state index is 12.5. The zero-order chi connectivity index (χ0) is 38.6. The molecule has 0 bridgehead atoms. The average molecular weight is 757 g/mol. The smallest absolute Gasteiger partial charge is 0.186 e. The summed E-state index contributed by atoms with van der Waals surface area (Å²) < 4.78 is 21.3. The van der Waals surface area contributed by atoms with Crippen molar-refractivity contribution in [3.05, 3.63) is 0 Å². The number of ether oxygens (including phenoxy) is 4. The van der Waals surface area contributed by atoms with E-state index in [2.05, 4.69) is 6.92 Å². The van der Waals surface area contributed by atoms with Crippen LogP contribution in [0.5, 0.6) is 0 Å². The molecule has 0 radical (unpaired) electrons. The predicted octanol–water partition coefficient (Wildman–Crippen LogP) is -0.709. The molecule has 2 aliphatic rings. The van der Waals surface area contributed by atoms with Crippen LogP contribution in [0.4, 0.5) is 0 Å². The van der Waals surface area contributed by atoms with E-state index in [1.54, 1.807) is 0 Å². The van der Waals surface area contributed by atoms with Crippen molar-refractivity contribution in [1.29, 1.82) is 0 Å². The highest BCUT2D eigenvalue weighted by Crippen LogP contribution is 2.26. The van der Waals surface area contributed by atoms with Crippen LogP contribution in [0.15, 0.2) is 0 Å². The molecule has 0 aromatic heterocycles. The maximum atomic E-state index is 12.5. The standard InChI is InChI=1S/C36H68O16/c1-2-3-4-5-6-7-8-9-10-11-12-13-14-15-16-17-18-22(38)26(40)30(44)27(41)23(39)20-49-35-34(48)32(46)29(43)25(52-35)21-50-36-33(47)31(45)28(42)24(19-37)51-36/h23-37,39-48H,2-21H2,1H3/t23-,24-,25-,26+,27-,28-,29-,30-,31+,32+,33-,34-,35+,36+/m1/s1. The maximum Gasteiger partial charge on any atom is 0.186 e. The predicted molar refractivity (Wildman–Crippen MR) is 186 cm³/mol. The Balaban J connectivity index is 1.65. The van der Waals surface area contributed by atoms with Crippen LogP contribution in [-0.4, -0.2) is 168 Å². The second kappa shape index (κ2) is 26.0. The van der Waals surface area contributed by atoms with Crippen molar-refractivity contribution >= 4 is 5.78 Å². The minimum Gasteiger partial charge on any atom is -0.394 e. The summed E-state index contributed by atoms with van der Waals surface area (Å²) >= 11 is 0. The quantitative estimate of drug-likeness (QED) is 0.0440. The number of hydrogen-bond donors (Lipinski definition) is 11. The van der Waals surface area contributed by atoms with Crippen molar-refractivity contribution in [3.8, 4) is 0 Å². The van der Waals surface area contributed by atoms with Gasteiger partial charge in [-0.1, -0.05) is 103 Å². The molecule has 0 unspecified atom stereocenters. The molecule has 308 valence electrons. The highest BCUT2D eigenvalue weighted by atomic mass is 16.7. The monoisotopic (exact) mass is 756 g/mol. The number of carbonyl (C=O) groups excluding carboxylic acids is 1. The lowest BCUT2D eigenvalue weighted by Gasteiger charge is -2.42. The summed E-state index contributed by atoms with van der Waals surface area (Å²) in [7, 11) is 0. The first kappa shape index (κ1) is 47.2. The first-order chi connectivity index (χ1) is 24.8. The van der Waals surface area contributed by atoms with Crippen molar-refractivity contribution in [2.75, 3.05) is 19.8 Å². The van der Waals surface area contributed by atoms with E-state index in [9.17, 15) is 61.0 Å². The highest BCUT2D eigenvalue weighted by molar-refractivity contribution is 5.83. The minimum absolute atomic E-state index is 0.00904. The fraction of sp³-hybridized carbons (Fsp3) is 0.972. The Morgan fingerprint density at radius 2 is 0.981 bits per heavy atom. The molecule has 2 fully saturated rings. The van der Waals surface area contributed by atoms with Crippen LogP contribution in [0.3, 0.4) is 0 Å². The molecule has 0 amide bonds. The lowest BCUT2D eigenvalue weighted by molar-refractivity contribution is -0.333. The largest absolute Gasteiger partial charge is 0.394 e. The van der Waals surface area contributed by atoms with Gasteiger partial charge < -0.3 is 75.1 Å². The number of rotatable bonds is 28. The molecule has 2 rings (SSSR count). The van der Waals surface area contributed by atoms with Gasteiger partial charge in [0.05, 0.1) is 19.8 Å². The third-order valence-electron chi connectivity index (χ3n) is 10.0. The Hall–Kier alpha value is -0.930. The molecular formula is C36H68O16. The summed E-state index contributed by atoms with van der Waals surface area (Å²) in [5.41, 5.74) is 0. The van der Waals surface area contributed by atoms with E-state index in [0.29, 0.717) is 6.42 Å². The third-order valence-corrected chi connectivity index (χ3v) is 10.0. The van der Waals surface area contributed by atoms with Crippen LogP contribution in [0, 0.1) is 0 Å². The van der Waals surface area contributed by atoms with E-state index in [4.69, 9.17) is 18.9 Å². The van der Waals surface area contributed by atoms with Gasteiger partial charge in [0.15, 0.2) is 18.4 Å². The first-order valence-electron chi connectivity index (χ1n) is 19.3. The van der Waals surface area contributed by atoms with Crippen LogP contribution in [-0.2, 0) is 23.7 Å². The molecule has 0 saturated carbocycles. The Bertz CT molecular complexity index is 929.